The Labute approximate surface area is 121 Å². The number of amides is 1. The molecular weight excluding hydrogens is 308 g/mol. The zero-order chi connectivity index (χ0) is 7.56. The van der Waals surface area contributed by atoms with Crippen LogP contribution in [0.3, 0.4) is 0 Å². The molecule has 6 heteroatoms. The number of hydrogen-bond acceptors (Lipinski definition) is 3. The summed E-state index contributed by atoms with van der Waals surface area (Å²) in [5.41, 5.74) is 10.6. The number of primary amides is 1. The summed E-state index contributed by atoms with van der Waals surface area (Å²) < 4.78 is 0. The van der Waals surface area contributed by atoms with Crippen LogP contribution in [-0.2, 0) is 65.4 Å². The third-order valence-electron chi connectivity index (χ3n) is 1.01. The Morgan fingerprint density at radius 2 is 2.08 bits per heavy atom. The SMILES string of the molecule is NC(=O)c1c[c-]n[c-]c1N.[Y].[Y]. The number of carbonyl (C=O) groups is 1. The topological polar surface area (TPSA) is 82.0 Å². The smallest absolute Gasteiger partial charge is 0.140 e. The first-order valence-corrected chi connectivity index (χ1v) is 2.56. The van der Waals surface area contributed by atoms with Crippen LogP contribution in [0.5, 0.6) is 0 Å². The summed E-state index contributed by atoms with van der Waals surface area (Å²) in [6.07, 6.45) is 4.75. The molecule has 0 aliphatic rings. The Kier molecular flexibility index (Phi) is 8.91. The second-order valence-corrected chi connectivity index (χ2v) is 1.69. The summed E-state index contributed by atoms with van der Waals surface area (Å²) in [7, 11) is 0. The molecule has 12 heavy (non-hydrogen) atoms. The van der Waals surface area contributed by atoms with Crippen LogP contribution >= 0.6 is 0 Å². The van der Waals surface area contributed by atoms with Gasteiger partial charge in [-0.15, -0.1) is 0 Å². The van der Waals surface area contributed by atoms with Gasteiger partial charge in [0.25, 0.3) is 0 Å². The summed E-state index contributed by atoms with van der Waals surface area (Å²) >= 11 is 0. The Balaban J connectivity index is 0. The molecule has 1 aromatic heterocycles. The van der Waals surface area contributed by atoms with E-state index in [4.69, 9.17) is 11.5 Å². The summed E-state index contributed by atoms with van der Waals surface area (Å²) in [6.45, 7) is 0. The van der Waals surface area contributed by atoms with E-state index in [9.17, 15) is 4.79 Å². The number of hydrogen-bond donors (Lipinski definition) is 2. The average molecular weight is 313 g/mol. The summed E-state index contributed by atoms with van der Waals surface area (Å²) in [6, 6.07) is 1.33. The van der Waals surface area contributed by atoms with E-state index in [2.05, 4.69) is 17.4 Å². The van der Waals surface area contributed by atoms with Gasteiger partial charge in [0.15, 0.2) is 0 Å². The summed E-state index contributed by atoms with van der Waals surface area (Å²) in [5, 5.41) is 0. The molecule has 58 valence electrons. The predicted octanol–water partition coefficient (Wildman–Crippen LogP) is -0.642. The first-order chi connectivity index (χ1) is 4.72. The fraction of sp³-hybridized carbons (Fsp3) is 0. The molecule has 0 fully saturated rings. The van der Waals surface area contributed by atoms with E-state index in [1.165, 1.54) is 6.07 Å². The Morgan fingerprint density at radius 1 is 1.50 bits per heavy atom. The van der Waals surface area contributed by atoms with Crippen molar-refractivity contribution in [3.05, 3.63) is 24.0 Å². The van der Waals surface area contributed by atoms with Crippen LogP contribution < -0.4 is 11.5 Å². The second-order valence-electron chi connectivity index (χ2n) is 1.69. The van der Waals surface area contributed by atoms with Crippen molar-refractivity contribution >= 4 is 11.6 Å². The van der Waals surface area contributed by atoms with Gasteiger partial charge >= 0.3 is 0 Å². The molecular formula is C6H5N3OY2-2. The zero-order valence-electron chi connectivity index (χ0n) is 6.24. The van der Waals surface area contributed by atoms with Gasteiger partial charge in [0.1, 0.15) is 5.91 Å². The van der Waals surface area contributed by atoms with Gasteiger partial charge in [0.05, 0.1) is 0 Å². The van der Waals surface area contributed by atoms with Crippen LogP contribution in [0, 0.1) is 12.4 Å². The van der Waals surface area contributed by atoms with E-state index >= 15 is 0 Å². The molecule has 0 aliphatic heterocycles. The quantitative estimate of drug-likeness (QED) is 0.677. The van der Waals surface area contributed by atoms with Crippen molar-refractivity contribution < 1.29 is 70.2 Å². The van der Waals surface area contributed by atoms with Crippen LogP contribution in [-0.4, -0.2) is 10.9 Å². The molecule has 0 spiro atoms. The molecule has 1 rings (SSSR count). The largest absolute Gasteiger partial charge is 0.541 e. The van der Waals surface area contributed by atoms with Gasteiger partial charge < -0.3 is 16.5 Å². The van der Waals surface area contributed by atoms with Gasteiger partial charge in [-0.3, -0.25) is 17.1 Å². The molecule has 0 aromatic carbocycles. The molecule has 1 heterocycles. The third kappa shape index (κ3) is 4.03. The molecule has 0 saturated heterocycles. The van der Waals surface area contributed by atoms with Crippen molar-refractivity contribution in [2.75, 3.05) is 5.73 Å². The Morgan fingerprint density at radius 3 is 2.42 bits per heavy atom. The maximum Gasteiger partial charge on any atom is 0.140 e. The number of nitrogen functional groups attached to an aromatic ring is 1. The van der Waals surface area contributed by atoms with E-state index in [0.717, 1.165) is 0 Å². The van der Waals surface area contributed by atoms with Crippen LogP contribution in [0.2, 0.25) is 0 Å². The number of rotatable bonds is 1. The molecule has 0 aliphatic carbocycles. The fourth-order valence-corrected chi connectivity index (χ4v) is 0.531. The number of nitrogens with zero attached hydrogens (tertiary/aromatic N) is 1. The second kappa shape index (κ2) is 7.07. The molecule has 4 N–H and O–H groups in total. The number of carbonyl (C=O) groups excluding carboxylic acids is 1. The van der Waals surface area contributed by atoms with Crippen LogP contribution in [0.25, 0.3) is 0 Å². The minimum absolute atomic E-state index is 0. The van der Waals surface area contributed by atoms with Crippen molar-refractivity contribution in [1.29, 1.82) is 0 Å². The standard InChI is InChI=1S/C6H5N3O.2Y/c7-5-3-9-2-1-4(5)6(8)10;;/h1H,7H2,(H2,8,10);;/q-2;;. The van der Waals surface area contributed by atoms with E-state index in [1.54, 1.807) is 0 Å². The molecule has 1 aromatic rings. The third-order valence-corrected chi connectivity index (χ3v) is 1.01. The Bertz CT molecular complexity index is 267. The van der Waals surface area contributed by atoms with Crippen LogP contribution in [0.1, 0.15) is 10.4 Å². The molecule has 0 unspecified atom stereocenters. The van der Waals surface area contributed by atoms with Crippen molar-refractivity contribution in [1.82, 2.24) is 4.98 Å². The molecule has 2 radical (unpaired) electrons. The molecule has 0 bridgehead atoms. The minimum atomic E-state index is -0.590. The van der Waals surface area contributed by atoms with Gasteiger partial charge in [0, 0.05) is 65.4 Å². The number of nitrogens with two attached hydrogens (primary N) is 2. The van der Waals surface area contributed by atoms with Gasteiger partial charge in [-0.2, -0.15) is 11.3 Å². The summed E-state index contributed by atoms with van der Waals surface area (Å²) in [4.78, 5) is 13.9. The van der Waals surface area contributed by atoms with Crippen molar-refractivity contribution in [3.8, 4) is 0 Å². The number of aromatic nitrogens is 1. The van der Waals surface area contributed by atoms with Gasteiger partial charge in [-0.1, -0.05) is 0 Å². The first kappa shape index (κ1) is 15.1. The average Bonchev–Trinajstić information content (AvgIpc) is 1.88. The van der Waals surface area contributed by atoms with Crippen LogP contribution in [0.4, 0.5) is 5.69 Å². The van der Waals surface area contributed by atoms with E-state index in [-0.39, 0.29) is 76.7 Å². The maximum atomic E-state index is 10.5. The predicted molar refractivity (Wildman–Crippen MR) is 34.8 cm³/mol. The van der Waals surface area contributed by atoms with Gasteiger partial charge in [0.2, 0.25) is 0 Å². The van der Waals surface area contributed by atoms with Gasteiger partial charge in [-0.05, 0) is 0 Å². The van der Waals surface area contributed by atoms with Gasteiger partial charge in [-0.25, -0.2) is 6.20 Å². The molecule has 0 atom stereocenters. The first-order valence-electron chi connectivity index (χ1n) is 2.56. The number of anilines is 1. The van der Waals surface area contributed by atoms with Crippen molar-refractivity contribution in [2.45, 2.75) is 0 Å². The van der Waals surface area contributed by atoms with Crippen molar-refractivity contribution in [3.63, 3.8) is 0 Å². The monoisotopic (exact) mass is 313 g/mol. The molecule has 0 saturated carbocycles. The maximum absolute atomic E-state index is 10.5. The van der Waals surface area contributed by atoms with E-state index in [1.807, 2.05) is 0 Å². The van der Waals surface area contributed by atoms with E-state index in [0.29, 0.717) is 0 Å². The fourth-order valence-electron chi connectivity index (χ4n) is 0.531. The normalized spacial score (nSPS) is 7.67. The minimum Gasteiger partial charge on any atom is -0.541 e. The van der Waals surface area contributed by atoms with E-state index < -0.39 is 5.91 Å². The van der Waals surface area contributed by atoms with Crippen LogP contribution in [0.15, 0.2) is 6.07 Å². The zero-order valence-corrected chi connectivity index (χ0v) is 11.9. The molecule has 1 amide bonds. The summed E-state index contributed by atoms with van der Waals surface area (Å²) in [5.74, 6) is -0.590. The number of pyridine rings is 1. The Hall–Kier alpha value is 0.628. The molecule has 4 nitrogen and oxygen atoms in total. The van der Waals surface area contributed by atoms with Crippen molar-refractivity contribution in [2.24, 2.45) is 5.73 Å².